The van der Waals surface area contributed by atoms with Gasteiger partial charge in [-0.25, -0.2) is 21.6 Å². The first kappa shape index (κ1) is 20.8. The third-order valence-electron chi connectivity index (χ3n) is 3.15. The van der Waals surface area contributed by atoms with Gasteiger partial charge in [0.1, 0.15) is 0 Å². The number of benzene rings is 1. The van der Waals surface area contributed by atoms with Gasteiger partial charge in [-0.05, 0) is 12.1 Å². The molecule has 0 fully saturated rings. The fourth-order valence-corrected chi connectivity index (χ4v) is 3.85. The summed E-state index contributed by atoms with van der Waals surface area (Å²) in [6, 6.07) is 8.58. The zero-order chi connectivity index (χ0) is 18.1. The lowest BCUT2D eigenvalue weighted by Gasteiger charge is -2.19. The Balaban J connectivity index is 2.42. The SMILES string of the molecule is COCCOCCS(=O)(=O)NCCS(=O)(=O)N(C)c1ccccc1. The third-order valence-corrected chi connectivity index (χ3v) is 6.26. The van der Waals surface area contributed by atoms with Crippen molar-refractivity contribution in [3.63, 3.8) is 0 Å². The first-order valence-corrected chi connectivity index (χ1v) is 10.6. The van der Waals surface area contributed by atoms with Gasteiger partial charge >= 0.3 is 0 Å². The molecule has 0 bridgehead atoms. The smallest absolute Gasteiger partial charge is 0.236 e. The van der Waals surface area contributed by atoms with Crippen molar-refractivity contribution in [3.05, 3.63) is 30.3 Å². The van der Waals surface area contributed by atoms with Gasteiger partial charge in [0.25, 0.3) is 0 Å². The topological polar surface area (TPSA) is 102 Å². The Morgan fingerprint density at radius 2 is 1.67 bits per heavy atom. The maximum Gasteiger partial charge on any atom is 0.236 e. The molecule has 1 rings (SSSR count). The van der Waals surface area contributed by atoms with Crippen LogP contribution >= 0.6 is 0 Å². The van der Waals surface area contributed by atoms with Crippen molar-refractivity contribution >= 4 is 25.7 Å². The molecule has 138 valence electrons. The molecular formula is C14H24N2O6S2. The Bertz CT molecular complexity index is 676. The van der Waals surface area contributed by atoms with Gasteiger partial charge in [-0.2, -0.15) is 0 Å². The quantitative estimate of drug-likeness (QED) is 0.514. The summed E-state index contributed by atoms with van der Waals surface area (Å²) in [7, 11) is -4.23. The Hall–Kier alpha value is -1.20. The minimum atomic E-state index is -3.61. The Labute approximate surface area is 143 Å². The number of ether oxygens (including phenoxy) is 2. The number of anilines is 1. The first-order valence-electron chi connectivity index (χ1n) is 7.34. The van der Waals surface area contributed by atoms with Crippen LogP contribution in [0.5, 0.6) is 0 Å². The van der Waals surface area contributed by atoms with Gasteiger partial charge in [0.15, 0.2) is 0 Å². The second-order valence-corrected chi connectivity index (χ2v) is 8.98. The molecule has 0 heterocycles. The number of nitrogens with zero attached hydrogens (tertiary/aromatic N) is 1. The predicted octanol–water partition coefficient (Wildman–Crippen LogP) is 0.0350. The highest BCUT2D eigenvalue weighted by Gasteiger charge is 2.19. The molecule has 0 aliphatic heterocycles. The standard InChI is InChI=1S/C14H24N2O6S2/c1-16(14-6-4-3-5-7-14)24(19,20)12-8-15-23(17,18)13-11-22-10-9-21-2/h3-7,15H,8-13H2,1-2H3. The molecule has 0 saturated heterocycles. The summed E-state index contributed by atoms with van der Waals surface area (Å²) in [5, 5.41) is 0. The van der Waals surface area contributed by atoms with Crippen LogP contribution in [0.1, 0.15) is 0 Å². The highest BCUT2D eigenvalue weighted by atomic mass is 32.2. The molecule has 0 atom stereocenters. The monoisotopic (exact) mass is 380 g/mol. The molecule has 0 unspecified atom stereocenters. The van der Waals surface area contributed by atoms with Gasteiger partial charge in [0, 0.05) is 20.7 Å². The summed E-state index contributed by atoms with van der Waals surface area (Å²) in [5.41, 5.74) is 0.520. The number of methoxy groups -OCH3 is 1. The highest BCUT2D eigenvalue weighted by molar-refractivity contribution is 7.93. The molecule has 0 radical (unpaired) electrons. The molecule has 0 saturated carbocycles. The van der Waals surface area contributed by atoms with Crippen molar-refractivity contribution in [2.75, 3.05) is 56.3 Å². The Morgan fingerprint density at radius 3 is 2.29 bits per heavy atom. The van der Waals surface area contributed by atoms with Crippen molar-refractivity contribution in [2.45, 2.75) is 0 Å². The molecule has 0 aromatic heterocycles. The largest absolute Gasteiger partial charge is 0.382 e. The van der Waals surface area contributed by atoms with Gasteiger partial charge in [0.2, 0.25) is 20.0 Å². The first-order chi connectivity index (χ1) is 11.3. The molecule has 8 nitrogen and oxygen atoms in total. The maximum atomic E-state index is 12.2. The fourth-order valence-electron chi connectivity index (χ4n) is 1.75. The van der Waals surface area contributed by atoms with Crippen LogP contribution in [0.15, 0.2) is 30.3 Å². The summed E-state index contributed by atoms with van der Waals surface area (Å²) in [6.45, 7) is 0.523. The molecular weight excluding hydrogens is 356 g/mol. The summed E-state index contributed by atoms with van der Waals surface area (Å²) < 4.78 is 61.2. The number of sulfonamides is 2. The molecule has 0 spiro atoms. The molecule has 1 N–H and O–H groups in total. The lowest BCUT2D eigenvalue weighted by Crippen LogP contribution is -2.37. The Morgan fingerprint density at radius 1 is 1.00 bits per heavy atom. The van der Waals surface area contributed by atoms with Crippen molar-refractivity contribution in [1.29, 1.82) is 0 Å². The lowest BCUT2D eigenvalue weighted by molar-refractivity contribution is 0.0784. The second kappa shape index (κ2) is 9.94. The van der Waals surface area contributed by atoms with E-state index in [1.165, 1.54) is 14.2 Å². The van der Waals surface area contributed by atoms with E-state index in [2.05, 4.69) is 4.72 Å². The van der Waals surface area contributed by atoms with E-state index in [0.29, 0.717) is 18.9 Å². The van der Waals surface area contributed by atoms with E-state index >= 15 is 0 Å². The number of para-hydroxylation sites is 1. The predicted molar refractivity (Wildman–Crippen MR) is 93.1 cm³/mol. The van der Waals surface area contributed by atoms with Crippen molar-refractivity contribution < 1.29 is 26.3 Å². The van der Waals surface area contributed by atoms with Crippen LogP contribution in [-0.2, 0) is 29.5 Å². The van der Waals surface area contributed by atoms with Gasteiger partial charge in [0.05, 0.1) is 37.0 Å². The van der Waals surface area contributed by atoms with Crippen molar-refractivity contribution in [1.82, 2.24) is 4.72 Å². The average molecular weight is 380 g/mol. The van der Waals surface area contributed by atoms with Gasteiger partial charge in [-0.3, -0.25) is 4.31 Å². The lowest BCUT2D eigenvalue weighted by atomic mass is 10.3. The summed E-state index contributed by atoms with van der Waals surface area (Å²) in [4.78, 5) is 0. The van der Waals surface area contributed by atoms with Gasteiger partial charge < -0.3 is 9.47 Å². The zero-order valence-corrected chi connectivity index (χ0v) is 15.5. The Kier molecular flexibility index (Phi) is 8.63. The van der Waals surface area contributed by atoms with E-state index in [0.717, 1.165) is 4.31 Å². The highest BCUT2D eigenvalue weighted by Crippen LogP contribution is 2.14. The van der Waals surface area contributed by atoms with Gasteiger partial charge in [-0.1, -0.05) is 18.2 Å². The number of hydrogen-bond acceptors (Lipinski definition) is 6. The molecule has 1 aromatic rings. The number of nitrogens with one attached hydrogen (secondary N) is 1. The number of hydrogen-bond donors (Lipinski definition) is 1. The van der Waals surface area contributed by atoms with Crippen LogP contribution in [0.2, 0.25) is 0 Å². The third kappa shape index (κ3) is 7.58. The molecule has 0 amide bonds. The maximum absolute atomic E-state index is 12.2. The normalized spacial score (nSPS) is 12.2. The summed E-state index contributed by atoms with van der Waals surface area (Å²) >= 11 is 0. The van der Waals surface area contributed by atoms with Crippen LogP contribution in [0, 0.1) is 0 Å². The molecule has 0 aliphatic carbocycles. The van der Waals surface area contributed by atoms with Crippen LogP contribution in [0.3, 0.4) is 0 Å². The van der Waals surface area contributed by atoms with Crippen LogP contribution < -0.4 is 9.03 Å². The average Bonchev–Trinajstić information content (AvgIpc) is 2.54. The van der Waals surface area contributed by atoms with E-state index in [-0.39, 0.29) is 24.7 Å². The molecule has 0 aliphatic rings. The van der Waals surface area contributed by atoms with Crippen LogP contribution in [-0.4, -0.2) is 68.9 Å². The minimum Gasteiger partial charge on any atom is -0.382 e. The van der Waals surface area contributed by atoms with Crippen molar-refractivity contribution in [2.24, 2.45) is 0 Å². The molecule has 1 aromatic carbocycles. The second-order valence-electron chi connectivity index (χ2n) is 4.94. The van der Waals surface area contributed by atoms with Gasteiger partial charge in [-0.15, -0.1) is 0 Å². The van der Waals surface area contributed by atoms with E-state index in [1.54, 1.807) is 30.3 Å². The summed E-state index contributed by atoms with van der Waals surface area (Å²) in [5.74, 6) is -0.562. The van der Waals surface area contributed by atoms with Crippen LogP contribution in [0.4, 0.5) is 5.69 Å². The van der Waals surface area contributed by atoms with Crippen LogP contribution in [0.25, 0.3) is 0 Å². The van der Waals surface area contributed by atoms with E-state index in [9.17, 15) is 16.8 Å². The van der Waals surface area contributed by atoms with E-state index < -0.39 is 20.0 Å². The zero-order valence-electron chi connectivity index (χ0n) is 13.8. The van der Waals surface area contributed by atoms with E-state index in [4.69, 9.17) is 9.47 Å². The summed E-state index contributed by atoms with van der Waals surface area (Å²) in [6.07, 6.45) is 0. The molecule has 10 heteroatoms. The van der Waals surface area contributed by atoms with Crippen molar-refractivity contribution in [3.8, 4) is 0 Å². The molecule has 24 heavy (non-hydrogen) atoms. The fraction of sp³-hybridized carbons (Fsp3) is 0.571. The van der Waals surface area contributed by atoms with E-state index in [1.807, 2.05) is 0 Å². The number of rotatable bonds is 12. The minimum absolute atomic E-state index is 0.0232.